The molecule has 2 atom stereocenters. The lowest BCUT2D eigenvalue weighted by Crippen LogP contribution is -2.83. The molecule has 1 aromatic carbocycles. The lowest BCUT2D eigenvalue weighted by molar-refractivity contribution is -0.652. The van der Waals surface area contributed by atoms with Crippen molar-refractivity contribution in [3.05, 3.63) is 29.8 Å². The van der Waals surface area contributed by atoms with E-state index in [9.17, 15) is 9.69 Å². The SMILES string of the molecule is CCCCCCCCCCCCc1ccc(OCC(COP(O)OCCCC[NH2+]CC)OC=O)cc1. The molecule has 36 heavy (non-hydrogen) atoms. The number of carbonyl (C=O) groups excluding carboxylic acids is 1. The van der Waals surface area contributed by atoms with Gasteiger partial charge in [-0.05, 0) is 50.3 Å². The predicted octanol–water partition coefficient (Wildman–Crippen LogP) is 5.69. The first-order valence-corrected chi connectivity index (χ1v) is 15.2. The van der Waals surface area contributed by atoms with E-state index < -0.39 is 14.7 Å². The number of quaternary nitrogens is 1. The summed E-state index contributed by atoms with van der Waals surface area (Å²) in [5.41, 5.74) is 1.31. The van der Waals surface area contributed by atoms with Crippen LogP contribution in [-0.2, 0) is 25.0 Å². The minimum atomic E-state index is -1.99. The summed E-state index contributed by atoms with van der Waals surface area (Å²) in [5.74, 6) is 0.715. The van der Waals surface area contributed by atoms with Crippen LogP contribution in [0, 0.1) is 0 Å². The molecule has 0 saturated heterocycles. The van der Waals surface area contributed by atoms with Crippen LogP contribution in [-0.4, -0.2) is 50.4 Å². The van der Waals surface area contributed by atoms with Gasteiger partial charge in [0.15, 0.2) is 6.10 Å². The van der Waals surface area contributed by atoms with Crippen molar-refractivity contribution in [2.75, 3.05) is 32.9 Å². The van der Waals surface area contributed by atoms with Crippen molar-refractivity contribution < 1.29 is 33.5 Å². The second-order valence-electron chi connectivity index (χ2n) is 9.30. The molecule has 0 fully saturated rings. The maximum absolute atomic E-state index is 10.8. The van der Waals surface area contributed by atoms with E-state index in [1.807, 2.05) is 12.1 Å². The van der Waals surface area contributed by atoms with Crippen LogP contribution in [0.5, 0.6) is 5.75 Å². The molecule has 208 valence electrons. The summed E-state index contributed by atoms with van der Waals surface area (Å²) in [7, 11) is -1.99. The highest BCUT2D eigenvalue weighted by atomic mass is 31.2. The summed E-state index contributed by atoms with van der Waals surface area (Å²) in [4.78, 5) is 20.7. The van der Waals surface area contributed by atoms with Gasteiger partial charge >= 0.3 is 8.60 Å². The molecule has 3 N–H and O–H groups in total. The number of carbonyl (C=O) groups is 1. The van der Waals surface area contributed by atoms with Gasteiger partial charge in [0, 0.05) is 0 Å². The van der Waals surface area contributed by atoms with E-state index in [0.717, 1.165) is 32.4 Å². The zero-order chi connectivity index (χ0) is 26.1. The Labute approximate surface area is 220 Å². The summed E-state index contributed by atoms with van der Waals surface area (Å²) in [6, 6.07) is 8.08. The molecule has 0 spiro atoms. The summed E-state index contributed by atoms with van der Waals surface area (Å²) in [5, 5.41) is 2.23. The monoisotopic (exact) mass is 528 g/mol. The maximum Gasteiger partial charge on any atom is 0.329 e. The van der Waals surface area contributed by atoms with Crippen molar-refractivity contribution in [3.63, 3.8) is 0 Å². The van der Waals surface area contributed by atoms with Gasteiger partial charge in [-0.25, -0.2) is 0 Å². The summed E-state index contributed by atoms with van der Waals surface area (Å²) < 4.78 is 21.4. The van der Waals surface area contributed by atoms with Crippen LogP contribution in [0.25, 0.3) is 0 Å². The molecule has 7 nitrogen and oxygen atoms in total. The molecular weight excluding hydrogens is 477 g/mol. The molecule has 0 heterocycles. The summed E-state index contributed by atoms with van der Waals surface area (Å²) in [6.45, 7) is 7.48. The Bertz CT molecular complexity index is 619. The van der Waals surface area contributed by atoms with E-state index in [0.29, 0.717) is 18.8 Å². The fourth-order valence-electron chi connectivity index (χ4n) is 3.88. The smallest absolute Gasteiger partial charge is 0.329 e. The van der Waals surface area contributed by atoms with E-state index in [1.54, 1.807) is 0 Å². The highest BCUT2D eigenvalue weighted by Crippen LogP contribution is 2.33. The number of aryl methyl sites for hydroxylation is 1. The van der Waals surface area contributed by atoms with Crippen LogP contribution < -0.4 is 10.1 Å². The molecule has 1 aromatic rings. The normalized spacial score (nSPS) is 12.9. The number of hydrogen-bond acceptors (Lipinski definition) is 6. The zero-order valence-corrected chi connectivity index (χ0v) is 23.6. The predicted molar refractivity (Wildman–Crippen MR) is 146 cm³/mol. The Morgan fingerprint density at radius 2 is 1.53 bits per heavy atom. The van der Waals surface area contributed by atoms with Gasteiger partial charge in [-0.2, -0.15) is 0 Å². The van der Waals surface area contributed by atoms with Crippen molar-refractivity contribution >= 4 is 15.1 Å². The summed E-state index contributed by atoms with van der Waals surface area (Å²) >= 11 is 0. The summed E-state index contributed by atoms with van der Waals surface area (Å²) in [6.07, 6.45) is 15.8. The van der Waals surface area contributed by atoms with E-state index in [-0.39, 0.29) is 13.2 Å². The fraction of sp³-hybridized carbons (Fsp3) is 0.750. The average Bonchev–Trinajstić information content (AvgIpc) is 2.89. The molecule has 0 radical (unpaired) electrons. The van der Waals surface area contributed by atoms with E-state index in [2.05, 4.69) is 31.3 Å². The third kappa shape index (κ3) is 18.9. The molecule has 0 aromatic heterocycles. The van der Waals surface area contributed by atoms with Crippen molar-refractivity contribution in [2.24, 2.45) is 0 Å². The van der Waals surface area contributed by atoms with Crippen molar-refractivity contribution in [1.29, 1.82) is 0 Å². The Morgan fingerprint density at radius 3 is 2.17 bits per heavy atom. The number of unbranched alkanes of at least 4 members (excludes halogenated alkanes) is 10. The molecule has 0 amide bonds. The molecular formula is C28H51NO6P+. The standard InChI is InChI=1S/C28H50NO6P/c1-3-5-6-7-8-9-10-11-12-13-16-26-17-19-27(20-18-26)32-23-28(33-25-30)24-35-36(31)34-22-15-14-21-29-4-2/h17-20,25,28-29,31H,3-16,21-24H2,1-2H3/p+1. The topological polar surface area (TPSA) is 90.8 Å². The van der Waals surface area contributed by atoms with Gasteiger partial charge in [-0.3, -0.25) is 4.79 Å². The second kappa shape index (κ2) is 24.1. The van der Waals surface area contributed by atoms with Crippen LogP contribution >= 0.6 is 8.60 Å². The highest BCUT2D eigenvalue weighted by Gasteiger charge is 2.16. The van der Waals surface area contributed by atoms with Gasteiger partial charge in [0.05, 0.1) is 26.3 Å². The largest absolute Gasteiger partial charge is 0.490 e. The molecule has 8 heteroatoms. The lowest BCUT2D eigenvalue weighted by atomic mass is 10.0. The number of rotatable bonds is 26. The van der Waals surface area contributed by atoms with E-state index >= 15 is 0 Å². The third-order valence-corrected chi connectivity index (χ3v) is 6.86. The number of hydrogen-bond donors (Lipinski definition) is 2. The van der Waals surface area contributed by atoms with Crippen LogP contribution in [0.15, 0.2) is 24.3 Å². The Kier molecular flexibility index (Phi) is 22.0. The van der Waals surface area contributed by atoms with E-state index in [1.165, 1.54) is 69.8 Å². The minimum Gasteiger partial charge on any atom is -0.490 e. The molecule has 0 aliphatic carbocycles. The first kappa shape index (κ1) is 32.8. The molecule has 0 aliphatic heterocycles. The lowest BCUT2D eigenvalue weighted by Gasteiger charge is -2.18. The number of benzene rings is 1. The number of nitrogens with two attached hydrogens (primary N) is 1. The molecule has 2 unspecified atom stereocenters. The Morgan fingerprint density at radius 1 is 0.861 bits per heavy atom. The highest BCUT2D eigenvalue weighted by molar-refractivity contribution is 7.40. The van der Waals surface area contributed by atoms with Gasteiger partial charge in [-0.15, -0.1) is 0 Å². The van der Waals surface area contributed by atoms with Crippen molar-refractivity contribution in [3.8, 4) is 5.75 Å². The van der Waals surface area contributed by atoms with Gasteiger partial charge in [0.2, 0.25) is 0 Å². The molecule has 1 rings (SSSR count). The van der Waals surface area contributed by atoms with Crippen molar-refractivity contribution in [1.82, 2.24) is 0 Å². The first-order chi connectivity index (χ1) is 17.7. The van der Waals surface area contributed by atoms with Crippen LogP contribution in [0.1, 0.15) is 96.5 Å². The minimum absolute atomic E-state index is 0.0153. The molecule has 0 bridgehead atoms. The molecule has 0 aliphatic rings. The Balaban J connectivity index is 2.16. The van der Waals surface area contributed by atoms with Crippen LogP contribution in [0.2, 0.25) is 0 Å². The van der Waals surface area contributed by atoms with E-state index in [4.69, 9.17) is 18.5 Å². The zero-order valence-electron chi connectivity index (χ0n) is 22.7. The van der Waals surface area contributed by atoms with Crippen molar-refractivity contribution in [2.45, 2.75) is 103 Å². The maximum atomic E-state index is 10.8. The fourth-order valence-corrected chi connectivity index (χ4v) is 4.54. The quantitative estimate of drug-likeness (QED) is 0.0913. The number of ether oxygens (including phenoxy) is 2. The molecule has 0 saturated carbocycles. The van der Waals surface area contributed by atoms with Gasteiger partial charge in [-0.1, -0.05) is 76.8 Å². The third-order valence-electron chi connectivity index (χ3n) is 6.09. The van der Waals surface area contributed by atoms with Gasteiger partial charge in [0.1, 0.15) is 12.4 Å². The average molecular weight is 529 g/mol. The second-order valence-corrected chi connectivity index (χ2v) is 10.3. The van der Waals surface area contributed by atoms with Crippen LogP contribution in [0.3, 0.4) is 0 Å². The first-order valence-electron chi connectivity index (χ1n) is 14.1. The van der Waals surface area contributed by atoms with Crippen LogP contribution in [0.4, 0.5) is 0 Å². The van der Waals surface area contributed by atoms with Gasteiger partial charge < -0.3 is 28.7 Å². The van der Waals surface area contributed by atoms with Gasteiger partial charge in [0.25, 0.3) is 6.47 Å². The Hall–Kier alpha value is -1.24.